The first-order valence-electron chi connectivity index (χ1n) is 6.39. The van der Waals surface area contributed by atoms with Gasteiger partial charge in [-0.25, -0.2) is 4.79 Å². The van der Waals surface area contributed by atoms with Crippen LogP contribution in [0.3, 0.4) is 0 Å². The molecule has 1 amide bonds. The lowest BCUT2D eigenvalue weighted by Crippen LogP contribution is -2.49. The number of carbonyl (C=O) groups excluding carboxylic acids is 1. The zero-order chi connectivity index (χ0) is 13.6. The van der Waals surface area contributed by atoms with Gasteiger partial charge in [0.1, 0.15) is 6.04 Å². The molecule has 1 rings (SSSR count). The molecule has 6 nitrogen and oxygen atoms in total. The highest BCUT2D eigenvalue weighted by Gasteiger charge is 2.31. The Morgan fingerprint density at radius 3 is 2.39 bits per heavy atom. The number of carboxylic acid groups (broad SMARTS) is 1. The van der Waals surface area contributed by atoms with E-state index in [1.165, 1.54) is 0 Å². The van der Waals surface area contributed by atoms with Crippen LogP contribution in [0.4, 0.5) is 0 Å². The Kier molecular flexibility index (Phi) is 5.55. The van der Waals surface area contributed by atoms with Gasteiger partial charge >= 0.3 is 5.97 Å². The van der Waals surface area contributed by atoms with Crippen LogP contribution < -0.4 is 11.1 Å². The molecule has 0 aromatic carbocycles. The van der Waals surface area contributed by atoms with E-state index in [2.05, 4.69) is 5.32 Å². The van der Waals surface area contributed by atoms with Crippen LogP contribution in [-0.2, 0) is 9.59 Å². The summed E-state index contributed by atoms with van der Waals surface area (Å²) in [4.78, 5) is 22.6. The van der Waals surface area contributed by atoms with E-state index in [-0.39, 0.29) is 25.4 Å². The molecule has 6 heteroatoms. The van der Waals surface area contributed by atoms with Crippen molar-refractivity contribution >= 4 is 11.9 Å². The molecule has 0 radical (unpaired) electrons. The third-order valence-electron chi connectivity index (χ3n) is 3.41. The minimum absolute atomic E-state index is 0.0125. The minimum atomic E-state index is -1.13. The second-order valence-electron chi connectivity index (χ2n) is 5.07. The predicted octanol–water partition coefficient (Wildman–Crippen LogP) is -0.0101. The van der Waals surface area contributed by atoms with Gasteiger partial charge in [-0.05, 0) is 12.8 Å². The van der Waals surface area contributed by atoms with Crippen molar-refractivity contribution < 1.29 is 19.8 Å². The molecule has 0 saturated heterocycles. The molecule has 1 aliphatic rings. The maximum Gasteiger partial charge on any atom is 0.326 e. The average Bonchev–Trinajstić information content (AvgIpc) is 2.28. The van der Waals surface area contributed by atoms with Crippen molar-refractivity contribution in [3.05, 3.63) is 0 Å². The van der Waals surface area contributed by atoms with E-state index in [0.717, 1.165) is 32.1 Å². The molecule has 0 aliphatic heterocycles. The number of amides is 1. The van der Waals surface area contributed by atoms with Gasteiger partial charge in [0, 0.05) is 25.0 Å². The summed E-state index contributed by atoms with van der Waals surface area (Å²) in [5.74, 6) is -1.48. The quantitative estimate of drug-likeness (QED) is 0.535. The van der Waals surface area contributed by atoms with Gasteiger partial charge in [0.25, 0.3) is 0 Å². The van der Waals surface area contributed by atoms with Crippen LogP contribution in [-0.4, -0.2) is 40.3 Å². The van der Waals surface area contributed by atoms with Crippen LogP contribution in [0.5, 0.6) is 0 Å². The monoisotopic (exact) mass is 258 g/mol. The molecule has 0 bridgehead atoms. The van der Waals surface area contributed by atoms with E-state index >= 15 is 0 Å². The van der Waals surface area contributed by atoms with Crippen molar-refractivity contribution in [3.8, 4) is 0 Å². The number of nitrogens with two attached hydrogens (primary N) is 1. The molecule has 1 atom stereocenters. The van der Waals surface area contributed by atoms with E-state index in [1.54, 1.807) is 0 Å². The summed E-state index contributed by atoms with van der Waals surface area (Å²) in [7, 11) is 0. The molecule has 1 fully saturated rings. The largest absolute Gasteiger partial charge is 0.480 e. The average molecular weight is 258 g/mol. The molecule has 0 heterocycles. The Morgan fingerprint density at radius 1 is 1.28 bits per heavy atom. The minimum Gasteiger partial charge on any atom is -0.480 e. The SMILES string of the molecule is NC1(CC(=O)N[C@@H](CCO)C(=O)O)CCCCC1. The van der Waals surface area contributed by atoms with E-state index in [9.17, 15) is 9.59 Å². The lowest BCUT2D eigenvalue weighted by molar-refractivity contribution is -0.142. The Bertz CT molecular complexity index is 300. The lowest BCUT2D eigenvalue weighted by atomic mass is 9.80. The molecular weight excluding hydrogens is 236 g/mol. The number of nitrogens with one attached hydrogen (secondary N) is 1. The van der Waals surface area contributed by atoms with Crippen molar-refractivity contribution in [2.24, 2.45) is 5.73 Å². The van der Waals surface area contributed by atoms with Gasteiger partial charge in [0.15, 0.2) is 0 Å². The van der Waals surface area contributed by atoms with E-state index in [4.69, 9.17) is 15.9 Å². The highest BCUT2D eigenvalue weighted by atomic mass is 16.4. The van der Waals surface area contributed by atoms with Crippen LogP contribution >= 0.6 is 0 Å². The second-order valence-corrected chi connectivity index (χ2v) is 5.07. The first kappa shape index (κ1) is 14.9. The zero-order valence-corrected chi connectivity index (χ0v) is 10.5. The summed E-state index contributed by atoms with van der Waals surface area (Å²) in [5, 5.41) is 20.0. The van der Waals surface area contributed by atoms with E-state index < -0.39 is 17.6 Å². The molecular formula is C12H22N2O4. The molecule has 1 saturated carbocycles. The fraction of sp³-hybridized carbons (Fsp3) is 0.833. The van der Waals surface area contributed by atoms with Crippen LogP contribution in [0.15, 0.2) is 0 Å². The van der Waals surface area contributed by atoms with Crippen LogP contribution in [0.1, 0.15) is 44.9 Å². The highest BCUT2D eigenvalue weighted by molar-refractivity contribution is 5.84. The van der Waals surface area contributed by atoms with Gasteiger partial charge in [-0.1, -0.05) is 19.3 Å². The summed E-state index contributed by atoms with van der Waals surface area (Å²) in [6.45, 7) is -0.273. The maximum atomic E-state index is 11.8. The molecule has 0 aromatic rings. The number of aliphatic hydroxyl groups is 1. The van der Waals surface area contributed by atoms with Crippen LogP contribution in [0.25, 0.3) is 0 Å². The summed E-state index contributed by atoms with van der Waals surface area (Å²) in [6, 6.07) is -1.03. The van der Waals surface area contributed by atoms with Crippen LogP contribution in [0.2, 0.25) is 0 Å². The highest BCUT2D eigenvalue weighted by Crippen LogP contribution is 2.28. The van der Waals surface area contributed by atoms with Crippen molar-refractivity contribution in [1.82, 2.24) is 5.32 Å². The number of carbonyl (C=O) groups is 2. The van der Waals surface area contributed by atoms with Crippen molar-refractivity contribution in [3.63, 3.8) is 0 Å². The molecule has 104 valence electrons. The maximum absolute atomic E-state index is 11.8. The van der Waals surface area contributed by atoms with Crippen molar-refractivity contribution in [2.75, 3.05) is 6.61 Å². The summed E-state index contributed by atoms with van der Waals surface area (Å²) < 4.78 is 0. The topological polar surface area (TPSA) is 113 Å². The fourth-order valence-corrected chi connectivity index (χ4v) is 2.38. The Balaban J connectivity index is 2.46. The van der Waals surface area contributed by atoms with Gasteiger partial charge in [-0.2, -0.15) is 0 Å². The lowest BCUT2D eigenvalue weighted by Gasteiger charge is -2.33. The number of aliphatic hydroxyl groups excluding tert-OH is 1. The summed E-state index contributed by atoms with van der Waals surface area (Å²) in [5.41, 5.74) is 5.63. The second kappa shape index (κ2) is 6.70. The van der Waals surface area contributed by atoms with Crippen LogP contribution in [0, 0.1) is 0 Å². The smallest absolute Gasteiger partial charge is 0.326 e. The molecule has 0 unspecified atom stereocenters. The zero-order valence-electron chi connectivity index (χ0n) is 10.5. The van der Waals surface area contributed by atoms with Gasteiger partial charge in [-0.3, -0.25) is 4.79 Å². The molecule has 18 heavy (non-hydrogen) atoms. The van der Waals surface area contributed by atoms with Gasteiger partial charge in [0.2, 0.25) is 5.91 Å². The molecule has 0 spiro atoms. The first-order chi connectivity index (χ1) is 8.47. The van der Waals surface area contributed by atoms with E-state index in [1.807, 2.05) is 0 Å². The first-order valence-corrected chi connectivity index (χ1v) is 6.39. The summed E-state index contributed by atoms with van der Waals surface area (Å²) >= 11 is 0. The Morgan fingerprint density at radius 2 is 1.89 bits per heavy atom. The number of rotatable bonds is 6. The molecule has 5 N–H and O–H groups in total. The Hall–Kier alpha value is -1.14. The Labute approximate surface area is 107 Å². The van der Waals surface area contributed by atoms with Crippen molar-refractivity contribution in [2.45, 2.75) is 56.5 Å². The van der Waals surface area contributed by atoms with Gasteiger partial charge in [0.05, 0.1) is 0 Å². The van der Waals surface area contributed by atoms with Gasteiger partial charge in [-0.15, -0.1) is 0 Å². The standard InChI is InChI=1S/C12H22N2O4/c13-12(5-2-1-3-6-12)8-10(16)14-9(4-7-15)11(17)18/h9,15H,1-8,13H2,(H,14,16)(H,17,18)/t9-/m0/s1. The molecule has 1 aliphatic carbocycles. The number of aliphatic carboxylic acids is 1. The predicted molar refractivity (Wildman–Crippen MR) is 65.9 cm³/mol. The van der Waals surface area contributed by atoms with E-state index in [0.29, 0.717) is 0 Å². The number of carboxylic acids is 1. The molecule has 0 aromatic heterocycles. The van der Waals surface area contributed by atoms with Crippen molar-refractivity contribution in [1.29, 1.82) is 0 Å². The number of hydrogen-bond acceptors (Lipinski definition) is 4. The normalized spacial score (nSPS) is 20.1. The third kappa shape index (κ3) is 4.62. The fourth-order valence-electron chi connectivity index (χ4n) is 2.38. The number of hydrogen-bond donors (Lipinski definition) is 4. The van der Waals surface area contributed by atoms with Gasteiger partial charge < -0.3 is 21.3 Å². The summed E-state index contributed by atoms with van der Waals surface area (Å²) in [6.07, 6.45) is 4.95. The third-order valence-corrected chi connectivity index (χ3v) is 3.41.